The summed E-state index contributed by atoms with van der Waals surface area (Å²) in [6, 6.07) is 17.7. The maximum Gasteiger partial charge on any atom is 0.258 e. The molecule has 2 aliphatic rings. The number of anilines is 1. The number of rotatable bonds is 3. The highest BCUT2D eigenvalue weighted by molar-refractivity contribution is 6.30. The number of amides is 1. The van der Waals surface area contributed by atoms with Crippen LogP contribution in [0.2, 0.25) is 5.15 Å². The minimum atomic E-state index is -0.315. The monoisotopic (exact) mass is 378 g/mol. The molecule has 5 rings (SSSR count). The van der Waals surface area contributed by atoms with Crippen molar-refractivity contribution >= 4 is 23.2 Å². The van der Waals surface area contributed by atoms with E-state index in [4.69, 9.17) is 11.6 Å². The number of carbonyl (C=O) groups excluding carboxylic acids is 1. The number of halogens is 1. The van der Waals surface area contributed by atoms with Crippen LogP contribution in [0.3, 0.4) is 0 Å². The highest BCUT2D eigenvalue weighted by Gasteiger charge is 2.44. The predicted octanol–water partition coefficient (Wildman–Crippen LogP) is 4.56. The zero-order chi connectivity index (χ0) is 18.5. The molecule has 0 saturated heterocycles. The Bertz CT molecular complexity index is 1030. The predicted molar refractivity (Wildman–Crippen MR) is 105 cm³/mol. The average molecular weight is 379 g/mol. The molecule has 1 atom stereocenters. The number of nitrogens with one attached hydrogen (secondary N) is 1. The normalized spacial score (nSPS) is 19.0. The molecule has 1 aliphatic heterocycles. The minimum absolute atomic E-state index is 0.0553. The molecule has 6 heteroatoms. The average Bonchev–Trinajstić information content (AvgIpc) is 3.47. The van der Waals surface area contributed by atoms with E-state index in [-0.39, 0.29) is 18.1 Å². The van der Waals surface area contributed by atoms with Crippen molar-refractivity contribution in [1.82, 2.24) is 14.7 Å². The SMILES string of the molecule is Cc1nn(-c2ccccc2)c(Cl)c1[C@@H]1Nc2ccccc2C(=O)N1C1CC1. The van der Waals surface area contributed by atoms with Crippen molar-refractivity contribution in [2.45, 2.75) is 32.0 Å². The third-order valence-electron chi connectivity index (χ3n) is 5.22. The molecule has 1 N–H and O–H groups in total. The van der Waals surface area contributed by atoms with Crippen LogP contribution < -0.4 is 5.32 Å². The van der Waals surface area contributed by atoms with Crippen LogP contribution in [0.25, 0.3) is 5.69 Å². The van der Waals surface area contributed by atoms with Gasteiger partial charge in [0.05, 0.1) is 22.5 Å². The fraction of sp³-hybridized carbons (Fsp3) is 0.238. The first-order valence-electron chi connectivity index (χ1n) is 9.14. The molecular formula is C21H19ClN4O. The summed E-state index contributed by atoms with van der Waals surface area (Å²) in [4.78, 5) is 15.1. The standard InChI is InChI=1S/C21H19ClN4O/c1-13-18(19(22)26(24-13)15-7-3-2-4-8-15)20-23-17-10-6-5-9-16(17)21(27)25(20)14-11-12-14/h2-10,14,20,23H,11-12H2,1H3/t20-/m1/s1. The molecule has 2 heterocycles. The Kier molecular flexibility index (Phi) is 3.72. The van der Waals surface area contributed by atoms with Crippen LogP contribution in [-0.4, -0.2) is 26.6 Å². The first-order chi connectivity index (χ1) is 13.1. The topological polar surface area (TPSA) is 50.2 Å². The molecule has 1 aromatic heterocycles. The molecule has 136 valence electrons. The zero-order valence-corrected chi connectivity index (χ0v) is 15.6. The van der Waals surface area contributed by atoms with E-state index < -0.39 is 0 Å². The second kappa shape index (κ2) is 6.13. The lowest BCUT2D eigenvalue weighted by Crippen LogP contribution is -2.44. The van der Waals surface area contributed by atoms with E-state index in [1.165, 1.54) is 0 Å². The summed E-state index contributed by atoms with van der Waals surface area (Å²) in [5.74, 6) is 0.0553. The molecule has 0 spiro atoms. The molecule has 1 fully saturated rings. The molecule has 0 radical (unpaired) electrons. The van der Waals surface area contributed by atoms with Crippen molar-refractivity contribution in [3.8, 4) is 5.69 Å². The van der Waals surface area contributed by atoms with Crippen LogP contribution in [0.4, 0.5) is 5.69 Å². The molecule has 0 unspecified atom stereocenters. The maximum atomic E-state index is 13.2. The van der Waals surface area contributed by atoms with Crippen molar-refractivity contribution in [1.29, 1.82) is 0 Å². The third-order valence-corrected chi connectivity index (χ3v) is 5.59. The van der Waals surface area contributed by atoms with Crippen LogP contribution >= 0.6 is 11.6 Å². The van der Waals surface area contributed by atoms with E-state index in [2.05, 4.69) is 10.4 Å². The summed E-state index contributed by atoms with van der Waals surface area (Å²) < 4.78 is 1.74. The maximum absolute atomic E-state index is 13.2. The van der Waals surface area contributed by atoms with Gasteiger partial charge in [-0.25, -0.2) is 4.68 Å². The van der Waals surface area contributed by atoms with E-state index in [1.54, 1.807) is 4.68 Å². The van der Waals surface area contributed by atoms with E-state index >= 15 is 0 Å². The molecule has 3 aromatic rings. The van der Waals surface area contributed by atoms with Crippen molar-refractivity contribution in [3.63, 3.8) is 0 Å². The molecule has 27 heavy (non-hydrogen) atoms. The second-order valence-electron chi connectivity index (χ2n) is 7.07. The van der Waals surface area contributed by atoms with Gasteiger partial charge in [-0.15, -0.1) is 0 Å². The summed E-state index contributed by atoms with van der Waals surface area (Å²) in [5, 5.41) is 8.72. The molecule has 1 aliphatic carbocycles. The Balaban J connectivity index is 1.63. The fourth-order valence-corrected chi connectivity index (χ4v) is 4.15. The zero-order valence-electron chi connectivity index (χ0n) is 14.9. The largest absolute Gasteiger partial charge is 0.361 e. The number of fused-ring (bicyclic) bond motifs is 1. The molecular weight excluding hydrogens is 360 g/mol. The van der Waals surface area contributed by atoms with Gasteiger partial charge in [0.25, 0.3) is 5.91 Å². The second-order valence-corrected chi connectivity index (χ2v) is 7.43. The van der Waals surface area contributed by atoms with Crippen molar-refractivity contribution in [2.24, 2.45) is 0 Å². The van der Waals surface area contributed by atoms with Gasteiger partial charge < -0.3 is 10.2 Å². The number of hydrogen-bond donors (Lipinski definition) is 1. The molecule has 0 bridgehead atoms. The summed E-state index contributed by atoms with van der Waals surface area (Å²) in [5.41, 5.74) is 4.13. The smallest absolute Gasteiger partial charge is 0.258 e. The van der Waals surface area contributed by atoms with Gasteiger partial charge in [-0.2, -0.15) is 5.10 Å². The van der Waals surface area contributed by atoms with Crippen molar-refractivity contribution in [2.75, 3.05) is 5.32 Å². The Morgan fingerprint density at radius 1 is 1.07 bits per heavy atom. The van der Waals surface area contributed by atoms with Crippen molar-refractivity contribution in [3.05, 3.63) is 76.6 Å². The first-order valence-corrected chi connectivity index (χ1v) is 9.51. The van der Waals surface area contributed by atoms with Gasteiger partial charge in [-0.1, -0.05) is 41.9 Å². The summed E-state index contributed by atoms with van der Waals surface area (Å²) in [6.45, 7) is 1.94. The van der Waals surface area contributed by atoms with Gasteiger partial charge in [0, 0.05) is 11.7 Å². The van der Waals surface area contributed by atoms with Crippen LogP contribution in [0.5, 0.6) is 0 Å². The number of benzene rings is 2. The Morgan fingerprint density at radius 2 is 1.78 bits per heavy atom. The van der Waals surface area contributed by atoms with Gasteiger partial charge in [0.1, 0.15) is 11.3 Å². The minimum Gasteiger partial charge on any atom is -0.361 e. The third kappa shape index (κ3) is 2.61. The Labute approximate surface area is 162 Å². The van der Waals surface area contributed by atoms with Crippen LogP contribution in [0.15, 0.2) is 54.6 Å². The van der Waals surface area contributed by atoms with E-state index in [0.29, 0.717) is 10.7 Å². The van der Waals surface area contributed by atoms with E-state index in [1.807, 2.05) is 66.4 Å². The molecule has 1 saturated carbocycles. The van der Waals surface area contributed by atoms with E-state index in [0.717, 1.165) is 35.5 Å². The van der Waals surface area contributed by atoms with Gasteiger partial charge in [-0.3, -0.25) is 4.79 Å². The summed E-state index contributed by atoms with van der Waals surface area (Å²) >= 11 is 6.79. The summed E-state index contributed by atoms with van der Waals surface area (Å²) in [6.07, 6.45) is 1.73. The molecule has 1 amide bonds. The molecule has 5 nitrogen and oxygen atoms in total. The van der Waals surface area contributed by atoms with E-state index in [9.17, 15) is 4.79 Å². The van der Waals surface area contributed by atoms with Crippen LogP contribution in [-0.2, 0) is 0 Å². The van der Waals surface area contributed by atoms with Crippen molar-refractivity contribution < 1.29 is 4.79 Å². The number of nitrogens with zero attached hydrogens (tertiary/aromatic N) is 3. The molecule has 2 aromatic carbocycles. The van der Waals surface area contributed by atoms with Crippen LogP contribution in [0.1, 0.15) is 40.6 Å². The Hall–Kier alpha value is -2.79. The lowest BCUT2D eigenvalue weighted by Gasteiger charge is -2.38. The Morgan fingerprint density at radius 3 is 2.52 bits per heavy atom. The van der Waals surface area contributed by atoms with Gasteiger partial charge in [0.15, 0.2) is 0 Å². The summed E-state index contributed by atoms with van der Waals surface area (Å²) in [7, 11) is 0. The van der Waals surface area contributed by atoms with Crippen LogP contribution in [0, 0.1) is 6.92 Å². The highest BCUT2D eigenvalue weighted by Crippen LogP contribution is 2.43. The first kappa shape index (κ1) is 16.4. The number of aryl methyl sites for hydroxylation is 1. The number of para-hydroxylation sites is 2. The number of aromatic nitrogens is 2. The van der Waals surface area contributed by atoms with Gasteiger partial charge in [-0.05, 0) is 44.0 Å². The quantitative estimate of drug-likeness (QED) is 0.726. The number of carbonyl (C=O) groups is 1. The lowest BCUT2D eigenvalue weighted by atomic mass is 10.0. The number of hydrogen-bond acceptors (Lipinski definition) is 3. The lowest BCUT2D eigenvalue weighted by molar-refractivity contribution is 0.0666. The fourth-order valence-electron chi connectivity index (χ4n) is 3.77. The van der Waals surface area contributed by atoms with Gasteiger partial charge in [0.2, 0.25) is 0 Å². The van der Waals surface area contributed by atoms with Gasteiger partial charge >= 0.3 is 0 Å². The highest BCUT2D eigenvalue weighted by atomic mass is 35.5.